The van der Waals surface area contributed by atoms with Crippen molar-refractivity contribution in [2.24, 2.45) is 0 Å². The molecule has 98 valence electrons. The fraction of sp³-hybridized carbons (Fsp3) is 0.500. The van der Waals surface area contributed by atoms with E-state index in [4.69, 9.17) is 0 Å². The lowest BCUT2D eigenvalue weighted by atomic mass is 10.0. The molecule has 2 N–H and O–H groups in total. The first-order valence-corrected chi connectivity index (χ1v) is 5.87. The van der Waals surface area contributed by atoms with E-state index in [1.807, 2.05) is 0 Å². The van der Waals surface area contributed by atoms with Gasteiger partial charge >= 0.3 is 5.69 Å². The van der Waals surface area contributed by atoms with Gasteiger partial charge in [0.25, 0.3) is 0 Å². The van der Waals surface area contributed by atoms with Gasteiger partial charge in [-0.3, -0.25) is 10.1 Å². The number of aliphatic hydroxyl groups is 1. The normalized spacial score (nSPS) is 18.4. The summed E-state index contributed by atoms with van der Waals surface area (Å²) < 4.78 is 13.2. The monoisotopic (exact) mass is 254 g/mol. The van der Waals surface area contributed by atoms with E-state index in [1.54, 1.807) is 6.92 Å². The van der Waals surface area contributed by atoms with E-state index < -0.39 is 22.5 Å². The quantitative estimate of drug-likeness (QED) is 0.621. The minimum atomic E-state index is -0.890. The lowest BCUT2D eigenvalue weighted by molar-refractivity contribution is -0.387. The Morgan fingerprint density at radius 2 is 2.22 bits per heavy atom. The van der Waals surface area contributed by atoms with Gasteiger partial charge in [-0.1, -0.05) is 6.07 Å². The number of aliphatic hydroxyl groups excluding tert-OH is 1. The molecule has 1 aromatic rings. The summed E-state index contributed by atoms with van der Waals surface area (Å²) in [4.78, 5) is 9.84. The Hall–Kier alpha value is -1.53. The Bertz CT molecular complexity index is 463. The molecule has 1 aliphatic carbocycles. The third kappa shape index (κ3) is 2.83. The first kappa shape index (κ1) is 12.9. The van der Waals surface area contributed by atoms with Gasteiger partial charge in [0.15, 0.2) is 0 Å². The van der Waals surface area contributed by atoms with Crippen molar-refractivity contribution in [1.82, 2.24) is 5.32 Å². The molecule has 6 heteroatoms. The minimum Gasteiger partial charge on any atom is -0.387 e. The number of nitrogens with zero attached hydrogens (tertiary/aromatic N) is 1. The Balaban J connectivity index is 2.15. The molecule has 1 aliphatic rings. The van der Waals surface area contributed by atoms with E-state index in [2.05, 4.69) is 5.32 Å². The number of hydrogen-bond acceptors (Lipinski definition) is 4. The van der Waals surface area contributed by atoms with E-state index in [-0.39, 0.29) is 6.04 Å². The van der Waals surface area contributed by atoms with Crippen molar-refractivity contribution in [1.29, 1.82) is 0 Å². The molecule has 2 rings (SSSR count). The fourth-order valence-electron chi connectivity index (χ4n) is 1.86. The van der Waals surface area contributed by atoms with Crippen molar-refractivity contribution in [3.8, 4) is 0 Å². The first-order chi connectivity index (χ1) is 8.49. The number of hydrogen-bond donors (Lipinski definition) is 2. The van der Waals surface area contributed by atoms with Crippen molar-refractivity contribution in [3.05, 3.63) is 39.7 Å². The van der Waals surface area contributed by atoms with Gasteiger partial charge in [-0.05, 0) is 31.4 Å². The standard InChI is InChI=1S/C12H15FN2O3/c1-7(14-9-3-4-9)12(16)8-2-5-10(13)11(6-8)15(17)18/h2,5-7,9,12,14,16H,3-4H2,1H3. The van der Waals surface area contributed by atoms with Crippen LogP contribution in [0.4, 0.5) is 10.1 Å². The summed E-state index contributed by atoms with van der Waals surface area (Å²) in [6.45, 7) is 1.80. The Morgan fingerprint density at radius 1 is 1.56 bits per heavy atom. The minimum absolute atomic E-state index is 0.220. The fourth-order valence-corrected chi connectivity index (χ4v) is 1.86. The van der Waals surface area contributed by atoms with Crippen molar-refractivity contribution in [3.63, 3.8) is 0 Å². The number of benzene rings is 1. The number of nitro groups is 1. The summed E-state index contributed by atoms with van der Waals surface area (Å²) >= 11 is 0. The van der Waals surface area contributed by atoms with Crippen LogP contribution in [0.25, 0.3) is 0 Å². The zero-order valence-corrected chi connectivity index (χ0v) is 9.97. The Kier molecular flexibility index (Phi) is 3.58. The molecule has 2 unspecified atom stereocenters. The van der Waals surface area contributed by atoms with E-state index in [0.29, 0.717) is 11.6 Å². The molecule has 0 radical (unpaired) electrons. The molecule has 0 spiro atoms. The number of halogens is 1. The predicted octanol–water partition coefficient (Wildman–Crippen LogP) is 1.91. The smallest absolute Gasteiger partial charge is 0.305 e. The highest BCUT2D eigenvalue weighted by Crippen LogP contribution is 2.27. The Morgan fingerprint density at radius 3 is 2.78 bits per heavy atom. The highest BCUT2D eigenvalue weighted by molar-refractivity contribution is 5.37. The second kappa shape index (κ2) is 4.99. The van der Waals surface area contributed by atoms with Gasteiger partial charge < -0.3 is 10.4 Å². The van der Waals surface area contributed by atoms with Crippen LogP contribution in [0, 0.1) is 15.9 Å². The third-order valence-corrected chi connectivity index (χ3v) is 3.06. The van der Waals surface area contributed by atoms with Gasteiger partial charge in [0.1, 0.15) is 0 Å². The molecule has 0 aliphatic heterocycles. The molecule has 0 aromatic heterocycles. The molecule has 1 saturated carbocycles. The summed E-state index contributed by atoms with van der Waals surface area (Å²) in [6.07, 6.45) is 1.28. The van der Waals surface area contributed by atoms with Gasteiger partial charge in [-0.25, -0.2) is 0 Å². The second-order valence-corrected chi connectivity index (χ2v) is 4.64. The number of nitrogens with one attached hydrogen (secondary N) is 1. The second-order valence-electron chi connectivity index (χ2n) is 4.64. The largest absolute Gasteiger partial charge is 0.387 e. The predicted molar refractivity (Wildman–Crippen MR) is 63.6 cm³/mol. The topological polar surface area (TPSA) is 75.4 Å². The maximum Gasteiger partial charge on any atom is 0.305 e. The molecule has 0 amide bonds. The molecular weight excluding hydrogens is 239 g/mol. The van der Waals surface area contributed by atoms with Crippen LogP contribution < -0.4 is 5.32 Å². The summed E-state index contributed by atoms with van der Waals surface area (Å²) in [6, 6.07) is 3.68. The molecular formula is C12H15FN2O3. The molecule has 1 fully saturated rings. The average molecular weight is 254 g/mol. The third-order valence-electron chi connectivity index (χ3n) is 3.06. The summed E-state index contributed by atoms with van der Waals surface area (Å²) in [5.41, 5.74) is -0.256. The number of rotatable bonds is 5. The van der Waals surface area contributed by atoms with Crippen LogP contribution in [0.1, 0.15) is 31.4 Å². The summed E-state index contributed by atoms with van der Waals surface area (Å²) in [5.74, 6) is -0.890. The molecule has 0 heterocycles. The highest BCUT2D eigenvalue weighted by atomic mass is 19.1. The van der Waals surface area contributed by atoms with Crippen molar-refractivity contribution >= 4 is 5.69 Å². The lowest BCUT2D eigenvalue weighted by Gasteiger charge is -2.20. The van der Waals surface area contributed by atoms with Crippen molar-refractivity contribution in [2.75, 3.05) is 0 Å². The van der Waals surface area contributed by atoms with Crippen LogP contribution >= 0.6 is 0 Å². The highest BCUT2D eigenvalue weighted by Gasteiger charge is 2.27. The van der Waals surface area contributed by atoms with Crippen molar-refractivity contribution in [2.45, 2.75) is 38.0 Å². The maximum absolute atomic E-state index is 13.2. The molecule has 0 saturated heterocycles. The average Bonchev–Trinajstić information content (AvgIpc) is 3.12. The lowest BCUT2D eigenvalue weighted by Crippen LogP contribution is -2.33. The van der Waals surface area contributed by atoms with Gasteiger partial charge in [0, 0.05) is 18.2 Å². The molecule has 18 heavy (non-hydrogen) atoms. The summed E-state index contributed by atoms with van der Waals surface area (Å²) in [7, 11) is 0. The molecule has 5 nitrogen and oxygen atoms in total. The first-order valence-electron chi connectivity index (χ1n) is 5.87. The SMILES string of the molecule is CC(NC1CC1)C(O)c1ccc(F)c([N+](=O)[O-])c1. The molecule has 2 atom stereocenters. The zero-order chi connectivity index (χ0) is 13.3. The van der Waals surface area contributed by atoms with E-state index in [0.717, 1.165) is 25.0 Å². The Labute approximate surface area is 104 Å². The van der Waals surface area contributed by atoms with Crippen molar-refractivity contribution < 1.29 is 14.4 Å². The van der Waals surface area contributed by atoms with E-state index >= 15 is 0 Å². The molecule has 1 aromatic carbocycles. The van der Waals surface area contributed by atoms with Crippen LogP contribution in [0.2, 0.25) is 0 Å². The van der Waals surface area contributed by atoms with Crippen LogP contribution in [-0.4, -0.2) is 22.1 Å². The van der Waals surface area contributed by atoms with Gasteiger partial charge in [-0.15, -0.1) is 0 Å². The van der Waals surface area contributed by atoms with E-state index in [9.17, 15) is 19.6 Å². The van der Waals surface area contributed by atoms with Gasteiger partial charge in [0.05, 0.1) is 11.0 Å². The zero-order valence-electron chi connectivity index (χ0n) is 9.97. The van der Waals surface area contributed by atoms with Crippen LogP contribution in [0.5, 0.6) is 0 Å². The maximum atomic E-state index is 13.2. The molecule has 0 bridgehead atoms. The van der Waals surface area contributed by atoms with Crippen LogP contribution in [0.15, 0.2) is 18.2 Å². The van der Waals surface area contributed by atoms with Gasteiger partial charge in [-0.2, -0.15) is 4.39 Å². The number of nitro benzene ring substituents is 1. The van der Waals surface area contributed by atoms with Crippen LogP contribution in [0.3, 0.4) is 0 Å². The summed E-state index contributed by atoms with van der Waals surface area (Å²) in [5, 5.41) is 23.9. The van der Waals surface area contributed by atoms with Gasteiger partial charge in [0.2, 0.25) is 5.82 Å². The van der Waals surface area contributed by atoms with E-state index in [1.165, 1.54) is 6.07 Å². The van der Waals surface area contributed by atoms with Crippen LogP contribution in [-0.2, 0) is 0 Å².